The van der Waals surface area contributed by atoms with E-state index in [9.17, 15) is 14.7 Å². The van der Waals surface area contributed by atoms with Crippen molar-refractivity contribution in [3.63, 3.8) is 0 Å². The quantitative estimate of drug-likeness (QED) is 0.859. The van der Waals surface area contributed by atoms with Crippen LogP contribution in [0.15, 0.2) is 0 Å². The average Bonchev–Trinajstić information content (AvgIpc) is 2.95. The van der Waals surface area contributed by atoms with Gasteiger partial charge in [0.1, 0.15) is 0 Å². The monoisotopic (exact) mass is 296 g/mol. The summed E-state index contributed by atoms with van der Waals surface area (Å²) in [7, 11) is 1.86. The Morgan fingerprint density at radius 2 is 1.67 bits per heavy atom. The van der Waals surface area contributed by atoms with Crippen molar-refractivity contribution in [3.8, 4) is 0 Å². The summed E-state index contributed by atoms with van der Waals surface area (Å²) in [6.07, 6.45) is 4.21. The van der Waals surface area contributed by atoms with Gasteiger partial charge in [-0.25, -0.2) is 0 Å². The summed E-state index contributed by atoms with van der Waals surface area (Å²) >= 11 is 0. The minimum Gasteiger partial charge on any atom is -0.481 e. The maximum atomic E-state index is 12.6. The molecule has 0 aromatic carbocycles. The summed E-state index contributed by atoms with van der Waals surface area (Å²) in [6.45, 7) is 6.44. The van der Waals surface area contributed by atoms with Gasteiger partial charge in [-0.1, -0.05) is 6.42 Å². The second-order valence-electron chi connectivity index (χ2n) is 6.79. The second kappa shape index (κ2) is 6.77. The fraction of sp³-hybridized carbons (Fsp3) is 0.875. The van der Waals surface area contributed by atoms with Crippen LogP contribution in [-0.4, -0.2) is 59.0 Å². The smallest absolute Gasteiger partial charge is 0.307 e. The Labute approximate surface area is 127 Å². The van der Waals surface area contributed by atoms with E-state index in [2.05, 4.69) is 18.7 Å². The number of carbonyl (C=O) groups is 2. The van der Waals surface area contributed by atoms with Gasteiger partial charge >= 0.3 is 5.97 Å². The van der Waals surface area contributed by atoms with E-state index in [-0.39, 0.29) is 17.9 Å². The van der Waals surface area contributed by atoms with Gasteiger partial charge in [0.05, 0.1) is 11.8 Å². The van der Waals surface area contributed by atoms with Crippen molar-refractivity contribution >= 4 is 11.9 Å². The molecule has 1 saturated carbocycles. The molecule has 2 atom stereocenters. The average molecular weight is 296 g/mol. The summed E-state index contributed by atoms with van der Waals surface area (Å²) in [5, 5.41) is 9.24. The highest BCUT2D eigenvalue weighted by atomic mass is 16.4. The fourth-order valence-electron chi connectivity index (χ4n) is 3.78. The molecule has 1 amide bonds. The Kier molecular flexibility index (Phi) is 5.25. The largest absolute Gasteiger partial charge is 0.481 e. The minimum atomic E-state index is -0.811. The zero-order chi connectivity index (χ0) is 15.6. The van der Waals surface area contributed by atoms with Crippen LogP contribution in [0.3, 0.4) is 0 Å². The Balaban J connectivity index is 1.92. The van der Waals surface area contributed by atoms with Crippen molar-refractivity contribution in [1.82, 2.24) is 9.80 Å². The third-order valence-corrected chi connectivity index (χ3v) is 5.28. The van der Waals surface area contributed by atoms with Gasteiger partial charge in [-0.15, -0.1) is 0 Å². The van der Waals surface area contributed by atoms with Crippen LogP contribution in [0.25, 0.3) is 0 Å². The normalized spacial score (nSPS) is 28.0. The number of rotatable bonds is 4. The molecule has 120 valence electrons. The Hall–Kier alpha value is -1.10. The van der Waals surface area contributed by atoms with Gasteiger partial charge in [0.25, 0.3) is 0 Å². The SMILES string of the molecule is CC(C)N1CCC(N(C)C(=O)[C@@H]2CCC[C@@H]2C(=O)O)CC1. The maximum absolute atomic E-state index is 12.6. The highest BCUT2D eigenvalue weighted by Crippen LogP contribution is 2.34. The van der Waals surface area contributed by atoms with Gasteiger partial charge < -0.3 is 14.9 Å². The molecular formula is C16H28N2O3. The summed E-state index contributed by atoms with van der Waals surface area (Å²) in [5.74, 6) is -1.55. The molecule has 0 spiro atoms. The van der Waals surface area contributed by atoms with E-state index in [4.69, 9.17) is 0 Å². The second-order valence-corrected chi connectivity index (χ2v) is 6.79. The summed E-state index contributed by atoms with van der Waals surface area (Å²) in [6, 6.07) is 0.820. The molecule has 1 heterocycles. The Morgan fingerprint density at radius 1 is 1.10 bits per heavy atom. The number of carbonyl (C=O) groups excluding carboxylic acids is 1. The minimum absolute atomic E-state index is 0.0443. The van der Waals surface area contributed by atoms with Crippen molar-refractivity contribution in [2.24, 2.45) is 11.8 Å². The lowest BCUT2D eigenvalue weighted by Gasteiger charge is -2.39. The van der Waals surface area contributed by atoms with E-state index in [1.807, 2.05) is 11.9 Å². The molecule has 1 aliphatic carbocycles. The van der Waals surface area contributed by atoms with Crippen LogP contribution < -0.4 is 0 Å². The summed E-state index contributed by atoms with van der Waals surface area (Å²) < 4.78 is 0. The predicted octanol–water partition coefficient (Wildman–Crippen LogP) is 1.82. The molecule has 0 aromatic rings. The van der Waals surface area contributed by atoms with Gasteiger partial charge in [0.15, 0.2) is 0 Å². The van der Waals surface area contributed by atoms with E-state index in [0.29, 0.717) is 12.5 Å². The van der Waals surface area contributed by atoms with Crippen LogP contribution in [0.2, 0.25) is 0 Å². The third-order valence-electron chi connectivity index (χ3n) is 5.28. The van der Waals surface area contributed by atoms with Crippen molar-refractivity contribution in [2.45, 2.75) is 58.0 Å². The molecule has 0 radical (unpaired) electrons. The number of hydrogen-bond donors (Lipinski definition) is 1. The molecular weight excluding hydrogens is 268 g/mol. The fourth-order valence-corrected chi connectivity index (χ4v) is 3.78. The molecule has 0 unspecified atom stereocenters. The molecule has 2 fully saturated rings. The lowest BCUT2D eigenvalue weighted by molar-refractivity contribution is -0.149. The number of aliphatic carboxylic acids is 1. The van der Waals surface area contributed by atoms with Crippen LogP contribution in [0, 0.1) is 11.8 Å². The third kappa shape index (κ3) is 3.57. The molecule has 2 rings (SSSR count). The topological polar surface area (TPSA) is 60.9 Å². The number of amides is 1. The number of likely N-dealkylation sites (tertiary alicyclic amines) is 1. The van der Waals surface area contributed by atoms with Crippen LogP contribution in [0.1, 0.15) is 46.0 Å². The molecule has 0 bridgehead atoms. The zero-order valence-electron chi connectivity index (χ0n) is 13.4. The van der Waals surface area contributed by atoms with E-state index in [1.165, 1.54) is 0 Å². The summed E-state index contributed by atoms with van der Waals surface area (Å²) in [5.41, 5.74) is 0. The first-order chi connectivity index (χ1) is 9.91. The molecule has 0 aromatic heterocycles. The first-order valence-electron chi connectivity index (χ1n) is 8.15. The highest BCUT2D eigenvalue weighted by Gasteiger charge is 2.40. The number of hydrogen-bond acceptors (Lipinski definition) is 3. The van der Waals surface area contributed by atoms with Crippen molar-refractivity contribution in [3.05, 3.63) is 0 Å². The van der Waals surface area contributed by atoms with E-state index in [1.54, 1.807) is 0 Å². The Bertz CT molecular complexity index is 389. The van der Waals surface area contributed by atoms with Gasteiger partial charge in [-0.05, 0) is 39.5 Å². The van der Waals surface area contributed by atoms with Crippen LogP contribution >= 0.6 is 0 Å². The van der Waals surface area contributed by atoms with Gasteiger partial charge in [0, 0.05) is 32.2 Å². The maximum Gasteiger partial charge on any atom is 0.307 e. The van der Waals surface area contributed by atoms with Crippen LogP contribution in [0.4, 0.5) is 0 Å². The van der Waals surface area contributed by atoms with Crippen molar-refractivity contribution in [1.29, 1.82) is 0 Å². The van der Waals surface area contributed by atoms with E-state index >= 15 is 0 Å². The lowest BCUT2D eigenvalue weighted by Crippen LogP contribution is -2.49. The van der Waals surface area contributed by atoms with Gasteiger partial charge in [-0.3, -0.25) is 9.59 Å². The number of piperidine rings is 1. The van der Waals surface area contributed by atoms with Crippen molar-refractivity contribution in [2.75, 3.05) is 20.1 Å². The predicted molar refractivity (Wildman–Crippen MR) is 81.0 cm³/mol. The van der Waals surface area contributed by atoms with E-state index in [0.717, 1.165) is 38.8 Å². The highest BCUT2D eigenvalue weighted by molar-refractivity contribution is 5.85. The van der Waals surface area contributed by atoms with Crippen LogP contribution in [-0.2, 0) is 9.59 Å². The van der Waals surface area contributed by atoms with Crippen molar-refractivity contribution < 1.29 is 14.7 Å². The molecule has 2 aliphatic rings. The molecule has 1 saturated heterocycles. The molecule has 5 heteroatoms. The molecule has 21 heavy (non-hydrogen) atoms. The van der Waals surface area contributed by atoms with E-state index < -0.39 is 11.9 Å². The Morgan fingerprint density at radius 3 is 2.19 bits per heavy atom. The summed E-state index contributed by atoms with van der Waals surface area (Å²) in [4.78, 5) is 28.2. The molecule has 5 nitrogen and oxygen atoms in total. The van der Waals surface area contributed by atoms with Crippen LogP contribution in [0.5, 0.6) is 0 Å². The number of nitrogens with zero attached hydrogens (tertiary/aromatic N) is 2. The number of carboxylic acid groups (broad SMARTS) is 1. The molecule has 1 aliphatic heterocycles. The van der Waals surface area contributed by atoms with Gasteiger partial charge in [0.2, 0.25) is 5.91 Å². The number of carboxylic acids is 1. The zero-order valence-corrected chi connectivity index (χ0v) is 13.4. The molecule has 1 N–H and O–H groups in total. The first-order valence-corrected chi connectivity index (χ1v) is 8.15. The lowest BCUT2D eigenvalue weighted by atomic mass is 9.93. The first kappa shape index (κ1) is 16.3. The van der Waals surface area contributed by atoms with Gasteiger partial charge in [-0.2, -0.15) is 0 Å². The standard InChI is InChI=1S/C16H28N2O3/c1-11(2)18-9-7-12(8-10-18)17(3)15(19)13-5-4-6-14(13)16(20)21/h11-14H,4-10H2,1-3H3,(H,20,21)/t13-,14+/m1/s1.